The van der Waals surface area contributed by atoms with E-state index in [1.165, 1.54) is 6.20 Å². The first-order chi connectivity index (χ1) is 14.6. The third-order valence-electron chi connectivity index (χ3n) is 5.19. The quantitative estimate of drug-likeness (QED) is 0.670. The predicted octanol–water partition coefficient (Wildman–Crippen LogP) is 3.42. The first-order valence-corrected chi connectivity index (χ1v) is 9.59. The third-order valence-corrected chi connectivity index (χ3v) is 5.19. The summed E-state index contributed by atoms with van der Waals surface area (Å²) < 4.78 is 31.8. The Hall–Kier alpha value is -3.52. The molecule has 2 aliphatic heterocycles. The van der Waals surface area contributed by atoms with Gasteiger partial charge in [-0.15, -0.1) is 0 Å². The van der Waals surface area contributed by atoms with Crippen molar-refractivity contribution < 1.29 is 18.6 Å². The van der Waals surface area contributed by atoms with E-state index in [-0.39, 0.29) is 13.2 Å². The highest BCUT2D eigenvalue weighted by Gasteiger charge is 2.45. The lowest BCUT2D eigenvalue weighted by atomic mass is 9.80. The average molecular weight is 406 g/mol. The normalized spacial score (nSPS) is 19.5. The van der Waals surface area contributed by atoms with Gasteiger partial charge >= 0.3 is 0 Å². The molecule has 2 aliphatic rings. The zero-order valence-corrected chi connectivity index (χ0v) is 16.3. The second-order valence-corrected chi connectivity index (χ2v) is 7.06. The number of aromatic nitrogens is 2. The Morgan fingerprint density at radius 2 is 2.03 bits per heavy atom. The van der Waals surface area contributed by atoms with E-state index in [0.29, 0.717) is 40.9 Å². The van der Waals surface area contributed by atoms with Crippen LogP contribution in [0.25, 0.3) is 11.1 Å². The van der Waals surface area contributed by atoms with Crippen LogP contribution >= 0.6 is 0 Å². The molecule has 7 nitrogen and oxygen atoms in total. The Bertz CT molecular complexity index is 1170. The van der Waals surface area contributed by atoms with Gasteiger partial charge in [-0.05, 0) is 36.8 Å². The number of nitrogens with two attached hydrogens (primary N) is 1. The van der Waals surface area contributed by atoms with Crippen LogP contribution in [0.5, 0.6) is 17.4 Å². The maximum atomic E-state index is 14.3. The molecule has 0 unspecified atom stereocenters. The molecular formula is C22H19FN4O3. The van der Waals surface area contributed by atoms with Gasteiger partial charge in [0.15, 0.2) is 5.75 Å². The Morgan fingerprint density at radius 3 is 2.83 bits per heavy atom. The molecule has 0 bridgehead atoms. The molecule has 1 spiro atoms. The maximum absolute atomic E-state index is 14.3. The van der Waals surface area contributed by atoms with Crippen molar-refractivity contribution >= 4 is 5.84 Å². The van der Waals surface area contributed by atoms with Gasteiger partial charge in [-0.1, -0.05) is 6.07 Å². The standard InChI is InChI=1S/C22H19FN4O3/c1-2-29-20-9-16-18(10-26-20)30-17-6-5-13(14-4-3-7-25-21(14)23)8-15(17)22(16)12-28-11-19(24)27-22/h3-10H,2,11-12H2,1H3,(H2,24,27)/t22-/m0/s1. The minimum absolute atomic E-state index is 0.244. The maximum Gasteiger partial charge on any atom is 0.220 e. The van der Waals surface area contributed by atoms with Crippen LogP contribution in [0.4, 0.5) is 4.39 Å². The van der Waals surface area contributed by atoms with Gasteiger partial charge in [0.05, 0.1) is 19.4 Å². The van der Waals surface area contributed by atoms with Crippen molar-refractivity contribution in [1.29, 1.82) is 0 Å². The highest BCUT2D eigenvalue weighted by atomic mass is 19.1. The molecule has 0 saturated heterocycles. The number of fused-ring (bicyclic) bond motifs is 4. The molecule has 1 atom stereocenters. The molecule has 30 heavy (non-hydrogen) atoms. The number of nitrogens with zero attached hydrogens (tertiary/aromatic N) is 3. The summed E-state index contributed by atoms with van der Waals surface area (Å²) >= 11 is 0. The number of hydrogen-bond donors (Lipinski definition) is 1. The van der Waals surface area contributed by atoms with Crippen molar-refractivity contribution in [2.45, 2.75) is 12.5 Å². The third kappa shape index (κ3) is 2.88. The van der Waals surface area contributed by atoms with Gasteiger partial charge in [0.25, 0.3) is 0 Å². The van der Waals surface area contributed by atoms with Crippen molar-refractivity contribution in [3.05, 3.63) is 65.9 Å². The van der Waals surface area contributed by atoms with Gasteiger partial charge in [-0.25, -0.2) is 9.97 Å². The number of rotatable bonds is 3. The first-order valence-electron chi connectivity index (χ1n) is 9.59. The van der Waals surface area contributed by atoms with E-state index < -0.39 is 11.5 Å². The molecular weight excluding hydrogens is 387 g/mol. The number of hydrogen-bond acceptors (Lipinski definition) is 7. The van der Waals surface area contributed by atoms with Crippen molar-refractivity contribution in [3.8, 4) is 28.5 Å². The van der Waals surface area contributed by atoms with E-state index in [1.54, 1.807) is 36.5 Å². The van der Waals surface area contributed by atoms with Crippen LogP contribution in [0.1, 0.15) is 18.1 Å². The lowest BCUT2D eigenvalue weighted by Gasteiger charge is -2.39. The van der Waals surface area contributed by atoms with Crippen LogP contribution in [0.15, 0.2) is 53.8 Å². The number of pyridine rings is 2. The fourth-order valence-electron chi connectivity index (χ4n) is 3.92. The smallest absolute Gasteiger partial charge is 0.220 e. The van der Waals surface area contributed by atoms with Crippen molar-refractivity contribution in [2.24, 2.45) is 10.7 Å². The lowest BCUT2D eigenvalue weighted by Crippen LogP contribution is -2.42. The van der Waals surface area contributed by atoms with Crippen LogP contribution in [0.2, 0.25) is 0 Å². The second kappa shape index (κ2) is 7.07. The fraction of sp³-hybridized carbons (Fsp3) is 0.227. The molecule has 4 heterocycles. The van der Waals surface area contributed by atoms with E-state index in [9.17, 15) is 4.39 Å². The molecule has 0 aliphatic carbocycles. The number of aliphatic imine (C=N–C) groups is 1. The van der Waals surface area contributed by atoms with Crippen LogP contribution in [0, 0.1) is 5.95 Å². The van der Waals surface area contributed by atoms with Gasteiger partial charge < -0.3 is 19.9 Å². The zero-order valence-electron chi connectivity index (χ0n) is 16.3. The molecule has 2 N–H and O–H groups in total. The van der Waals surface area contributed by atoms with E-state index in [1.807, 2.05) is 13.0 Å². The van der Waals surface area contributed by atoms with Gasteiger partial charge in [-0.2, -0.15) is 4.39 Å². The molecule has 2 aromatic heterocycles. The summed E-state index contributed by atoms with van der Waals surface area (Å²) in [6, 6.07) is 10.6. The Morgan fingerprint density at radius 1 is 1.17 bits per heavy atom. The number of benzene rings is 1. The summed E-state index contributed by atoms with van der Waals surface area (Å²) in [7, 11) is 0. The molecule has 5 rings (SSSR count). The Balaban J connectivity index is 1.74. The number of ether oxygens (including phenoxy) is 3. The molecule has 3 aromatic rings. The van der Waals surface area contributed by atoms with Crippen molar-refractivity contribution in [3.63, 3.8) is 0 Å². The average Bonchev–Trinajstić information content (AvgIpc) is 2.75. The summed E-state index contributed by atoms with van der Waals surface area (Å²) in [5.74, 6) is 1.41. The van der Waals surface area contributed by atoms with E-state index in [0.717, 1.165) is 11.1 Å². The molecule has 152 valence electrons. The molecule has 0 saturated carbocycles. The van der Waals surface area contributed by atoms with Gasteiger partial charge in [0.1, 0.15) is 23.7 Å². The molecule has 8 heteroatoms. The van der Waals surface area contributed by atoms with E-state index in [4.69, 9.17) is 24.9 Å². The predicted molar refractivity (Wildman–Crippen MR) is 108 cm³/mol. The zero-order chi connectivity index (χ0) is 20.7. The molecule has 0 amide bonds. The van der Waals surface area contributed by atoms with Gasteiger partial charge in [0.2, 0.25) is 11.8 Å². The summed E-state index contributed by atoms with van der Waals surface area (Å²) in [6.45, 7) is 2.86. The SMILES string of the molecule is CCOc1cc2c(cn1)Oc1ccc(-c3cccnc3F)cc1[C@@]21COCC(N)=N1. The topological polar surface area (TPSA) is 91.8 Å². The fourth-order valence-corrected chi connectivity index (χ4v) is 3.92. The number of amidine groups is 1. The molecule has 1 aromatic carbocycles. The van der Waals surface area contributed by atoms with Crippen LogP contribution in [-0.2, 0) is 10.3 Å². The van der Waals surface area contributed by atoms with E-state index >= 15 is 0 Å². The van der Waals surface area contributed by atoms with Gasteiger partial charge in [-0.3, -0.25) is 4.99 Å². The van der Waals surface area contributed by atoms with Crippen molar-refractivity contribution in [1.82, 2.24) is 9.97 Å². The summed E-state index contributed by atoms with van der Waals surface area (Å²) in [4.78, 5) is 12.9. The first kappa shape index (κ1) is 18.5. The Kier molecular flexibility index (Phi) is 4.36. The largest absolute Gasteiger partial charge is 0.478 e. The second-order valence-electron chi connectivity index (χ2n) is 7.06. The molecule has 0 fully saturated rings. The number of halogens is 1. The summed E-state index contributed by atoms with van der Waals surface area (Å²) in [5, 5.41) is 0. The van der Waals surface area contributed by atoms with Crippen LogP contribution in [0.3, 0.4) is 0 Å². The van der Waals surface area contributed by atoms with Crippen LogP contribution < -0.4 is 15.2 Å². The minimum Gasteiger partial charge on any atom is -0.478 e. The van der Waals surface area contributed by atoms with E-state index in [2.05, 4.69) is 9.97 Å². The van der Waals surface area contributed by atoms with Crippen LogP contribution in [-0.4, -0.2) is 35.6 Å². The van der Waals surface area contributed by atoms with Gasteiger partial charge in [0, 0.05) is 29.0 Å². The molecule has 0 radical (unpaired) electrons. The highest BCUT2D eigenvalue weighted by Crippen LogP contribution is 2.51. The summed E-state index contributed by atoms with van der Waals surface area (Å²) in [6.07, 6.45) is 3.03. The minimum atomic E-state index is -0.950. The highest BCUT2D eigenvalue weighted by molar-refractivity contribution is 5.84. The Labute approximate surface area is 172 Å². The summed E-state index contributed by atoms with van der Waals surface area (Å²) in [5.41, 5.74) is 7.65. The monoisotopic (exact) mass is 406 g/mol. The lowest BCUT2D eigenvalue weighted by molar-refractivity contribution is 0.109. The van der Waals surface area contributed by atoms with Crippen molar-refractivity contribution in [2.75, 3.05) is 19.8 Å².